The number of ether oxygens (including phenoxy) is 2. The van der Waals surface area contributed by atoms with Gasteiger partial charge in [-0.05, 0) is 25.5 Å². The number of halogens is 1. The molecule has 0 saturated carbocycles. The van der Waals surface area contributed by atoms with E-state index in [1.165, 1.54) is 6.08 Å². The summed E-state index contributed by atoms with van der Waals surface area (Å²) in [6.45, 7) is 3.60. The number of rotatable bonds is 6. The average Bonchev–Trinajstić information content (AvgIpc) is 2.82. The van der Waals surface area contributed by atoms with E-state index in [0.29, 0.717) is 5.56 Å². The van der Waals surface area contributed by atoms with Crippen LogP contribution in [-0.2, 0) is 18.6 Å². The van der Waals surface area contributed by atoms with Crippen LogP contribution in [-0.4, -0.2) is 36.5 Å². The molecule has 128 valence electrons. The van der Waals surface area contributed by atoms with Crippen LogP contribution in [0.4, 0.5) is 4.39 Å². The van der Waals surface area contributed by atoms with Crippen molar-refractivity contribution in [3.63, 3.8) is 0 Å². The highest BCUT2D eigenvalue weighted by Gasteiger charge is 2.46. The Labute approximate surface area is 135 Å². The molecule has 1 N–H and O–H groups in total. The summed E-state index contributed by atoms with van der Waals surface area (Å²) < 4.78 is 42.2. The first kappa shape index (κ1) is 18.3. The Morgan fingerprint density at radius 3 is 2.57 bits per heavy atom. The lowest BCUT2D eigenvalue weighted by Gasteiger charge is -2.20. The van der Waals surface area contributed by atoms with Gasteiger partial charge in [-0.3, -0.25) is 4.57 Å². The third-order valence-corrected chi connectivity index (χ3v) is 4.59. The van der Waals surface area contributed by atoms with Gasteiger partial charge in [0.15, 0.2) is 6.17 Å². The fraction of sp³-hybridized carbons (Fsp3) is 0.500. The van der Waals surface area contributed by atoms with Crippen molar-refractivity contribution in [3.8, 4) is 0 Å². The zero-order valence-corrected chi connectivity index (χ0v) is 14.2. The van der Waals surface area contributed by atoms with Crippen molar-refractivity contribution >= 4 is 7.60 Å². The van der Waals surface area contributed by atoms with Crippen LogP contribution in [0.5, 0.6) is 0 Å². The van der Waals surface area contributed by atoms with Gasteiger partial charge in [0.05, 0.1) is 6.10 Å². The molecule has 1 saturated heterocycles. The second-order valence-corrected chi connectivity index (χ2v) is 7.41. The van der Waals surface area contributed by atoms with E-state index in [0.717, 1.165) is 12.9 Å². The highest BCUT2D eigenvalue weighted by atomic mass is 31.2. The van der Waals surface area contributed by atoms with E-state index < -0.39 is 32.1 Å². The molecular weight excluding hydrogens is 322 g/mol. The molecule has 1 aromatic rings. The SMILES string of the molecule is COP(=O)(O)/C=C/[C@H]1O[C@@H](c2ccccc2)[C@H](F)[C@@H]1OC(C)C. The lowest BCUT2D eigenvalue weighted by molar-refractivity contribution is -0.0388. The maximum Gasteiger partial charge on any atom is 0.351 e. The lowest BCUT2D eigenvalue weighted by atomic mass is 10.0. The van der Waals surface area contributed by atoms with E-state index >= 15 is 0 Å². The van der Waals surface area contributed by atoms with E-state index in [4.69, 9.17) is 9.47 Å². The summed E-state index contributed by atoms with van der Waals surface area (Å²) >= 11 is 0. The number of benzene rings is 1. The van der Waals surface area contributed by atoms with Crippen molar-refractivity contribution in [2.75, 3.05) is 7.11 Å². The molecule has 0 aliphatic carbocycles. The van der Waals surface area contributed by atoms with Crippen LogP contribution in [0, 0.1) is 0 Å². The lowest BCUT2D eigenvalue weighted by Crippen LogP contribution is -2.32. The van der Waals surface area contributed by atoms with E-state index in [9.17, 15) is 13.8 Å². The van der Waals surface area contributed by atoms with Gasteiger partial charge in [-0.2, -0.15) is 0 Å². The van der Waals surface area contributed by atoms with Crippen molar-refractivity contribution < 1.29 is 27.8 Å². The standard InChI is InChI=1S/C16H22FO5P/c1-11(2)21-16-13(9-10-23(18,19)20-3)22-15(14(16)17)12-7-5-4-6-8-12/h4-11,13-16H,1-3H3,(H,18,19)/b10-9+/t13-,14+,15+,16-/m1/s1. The van der Waals surface area contributed by atoms with Crippen LogP contribution >= 0.6 is 7.60 Å². The van der Waals surface area contributed by atoms with Gasteiger partial charge in [-0.1, -0.05) is 30.3 Å². The Balaban J connectivity index is 2.23. The van der Waals surface area contributed by atoms with Crippen LogP contribution in [0.1, 0.15) is 25.5 Å². The molecule has 0 spiro atoms. The Kier molecular flexibility index (Phi) is 6.12. The van der Waals surface area contributed by atoms with Gasteiger partial charge in [-0.15, -0.1) is 0 Å². The fourth-order valence-corrected chi connectivity index (χ4v) is 2.97. The molecule has 7 heteroatoms. The van der Waals surface area contributed by atoms with Crippen LogP contribution in [0.2, 0.25) is 0 Å². The molecule has 1 aromatic carbocycles. The molecule has 1 unspecified atom stereocenters. The van der Waals surface area contributed by atoms with Crippen molar-refractivity contribution in [1.29, 1.82) is 0 Å². The minimum atomic E-state index is -3.84. The minimum absolute atomic E-state index is 0.198. The fourth-order valence-electron chi connectivity index (χ4n) is 2.46. The van der Waals surface area contributed by atoms with Crippen molar-refractivity contribution in [1.82, 2.24) is 0 Å². The zero-order valence-electron chi connectivity index (χ0n) is 13.3. The first-order valence-corrected chi connectivity index (χ1v) is 9.06. The van der Waals surface area contributed by atoms with Gasteiger partial charge in [0.1, 0.15) is 18.3 Å². The molecule has 0 amide bonds. The molecular formula is C16H22FO5P. The number of hydrogen-bond donors (Lipinski definition) is 1. The Hall–Kier alpha value is -1.04. The maximum atomic E-state index is 14.8. The highest BCUT2D eigenvalue weighted by Crippen LogP contribution is 2.44. The number of alkyl halides is 1. The van der Waals surface area contributed by atoms with Crippen LogP contribution in [0.3, 0.4) is 0 Å². The Morgan fingerprint density at radius 1 is 1.35 bits per heavy atom. The molecule has 0 aromatic heterocycles. The Bertz CT molecular complexity index is 577. The topological polar surface area (TPSA) is 65.0 Å². The predicted octanol–water partition coefficient (Wildman–Crippen LogP) is 3.60. The summed E-state index contributed by atoms with van der Waals surface area (Å²) in [5, 5.41) is 0. The molecule has 1 heterocycles. The third kappa shape index (κ3) is 4.72. The highest BCUT2D eigenvalue weighted by molar-refractivity contribution is 7.56. The molecule has 1 aliphatic heterocycles. The summed E-state index contributed by atoms with van der Waals surface area (Å²) in [4.78, 5) is 9.46. The number of hydrogen-bond acceptors (Lipinski definition) is 4. The Morgan fingerprint density at radius 2 is 2.00 bits per heavy atom. The van der Waals surface area contributed by atoms with Crippen molar-refractivity contribution in [2.24, 2.45) is 0 Å². The summed E-state index contributed by atoms with van der Waals surface area (Å²) in [6.07, 6.45) is -2.64. The first-order valence-electron chi connectivity index (χ1n) is 7.41. The summed E-state index contributed by atoms with van der Waals surface area (Å²) in [5.74, 6) is 1.01. The van der Waals surface area contributed by atoms with Crippen LogP contribution in [0.25, 0.3) is 0 Å². The van der Waals surface area contributed by atoms with Gasteiger partial charge in [0.2, 0.25) is 0 Å². The van der Waals surface area contributed by atoms with Crippen LogP contribution in [0.15, 0.2) is 42.2 Å². The molecule has 23 heavy (non-hydrogen) atoms. The minimum Gasteiger partial charge on any atom is -0.369 e. The summed E-state index contributed by atoms with van der Waals surface area (Å²) in [5.41, 5.74) is 0.701. The monoisotopic (exact) mass is 344 g/mol. The van der Waals surface area contributed by atoms with Gasteiger partial charge in [0, 0.05) is 12.9 Å². The third-order valence-electron chi connectivity index (χ3n) is 3.51. The van der Waals surface area contributed by atoms with Crippen LogP contribution < -0.4 is 0 Å². The van der Waals surface area contributed by atoms with Gasteiger partial charge in [0.25, 0.3) is 0 Å². The van der Waals surface area contributed by atoms with Crippen molar-refractivity contribution in [3.05, 3.63) is 47.8 Å². The molecule has 5 atom stereocenters. The molecule has 0 radical (unpaired) electrons. The zero-order chi connectivity index (χ0) is 17.0. The molecule has 1 aliphatic rings. The van der Waals surface area contributed by atoms with E-state index in [2.05, 4.69) is 4.52 Å². The second kappa shape index (κ2) is 7.69. The largest absolute Gasteiger partial charge is 0.369 e. The smallest absolute Gasteiger partial charge is 0.351 e. The summed E-state index contributed by atoms with van der Waals surface area (Å²) in [6, 6.07) is 9.01. The molecule has 5 nitrogen and oxygen atoms in total. The predicted molar refractivity (Wildman–Crippen MR) is 84.9 cm³/mol. The normalized spacial score (nSPS) is 30.9. The van der Waals surface area contributed by atoms with E-state index in [1.54, 1.807) is 38.1 Å². The summed E-state index contributed by atoms with van der Waals surface area (Å²) in [7, 11) is -2.70. The van der Waals surface area contributed by atoms with Gasteiger partial charge >= 0.3 is 7.60 Å². The van der Waals surface area contributed by atoms with Crippen molar-refractivity contribution in [2.45, 2.75) is 44.4 Å². The molecule has 0 bridgehead atoms. The van der Waals surface area contributed by atoms with E-state index in [1.807, 2.05) is 6.07 Å². The second-order valence-electron chi connectivity index (χ2n) is 5.61. The molecule has 2 rings (SSSR count). The average molecular weight is 344 g/mol. The van der Waals surface area contributed by atoms with E-state index in [-0.39, 0.29) is 6.10 Å². The van der Waals surface area contributed by atoms with Gasteiger partial charge in [-0.25, -0.2) is 4.39 Å². The van der Waals surface area contributed by atoms with Gasteiger partial charge < -0.3 is 18.9 Å². The molecule has 1 fully saturated rings. The quantitative estimate of drug-likeness (QED) is 0.799. The first-order chi connectivity index (χ1) is 10.8. The maximum absolute atomic E-state index is 14.8.